The van der Waals surface area contributed by atoms with Gasteiger partial charge in [-0.05, 0) is 42.5 Å². The highest BCUT2D eigenvalue weighted by Crippen LogP contribution is 2.27. The molecule has 0 aliphatic heterocycles. The molecule has 0 aromatic heterocycles. The molecule has 0 aliphatic carbocycles. The van der Waals surface area contributed by atoms with Gasteiger partial charge in [0.25, 0.3) is 5.91 Å². The molecule has 2 amide bonds. The second-order valence-corrected chi connectivity index (χ2v) is 6.70. The number of hydrogen-bond donors (Lipinski definition) is 2. The highest BCUT2D eigenvalue weighted by molar-refractivity contribution is 6.08. The Bertz CT molecular complexity index is 1020. The van der Waals surface area contributed by atoms with Crippen molar-refractivity contribution in [2.24, 2.45) is 0 Å². The summed E-state index contributed by atoms with van der Waals surface area (Å²) in [7, 11) is 3.45. The zero-order valence-electron chi connectivity index (χ0n) is 17.5. The number of carbonyl (C=O) groups excluding carboxylic acids is 2. The van der Waals surface area contributed by atoms with Crippen molar-refractivity contribution in [1.82, 2.24) is 0 Å². The summed E-state index contributed by atoms with van der Waals surface area (Å²) in [6.07, 6.45) is -0.588. The van der Waals surface area contributed by atoms with E-state index in [1.807, 2.05) is 60.5 Å². The van der Waals surface area contributed by atoms with Crippen LogP contribution in [0.25, 0.3) is 0 Å². The topological polar surface area (TPSA) is 79.9 Å². The Labute approximate surface area is 181 Å². The molecule has 3 aromatic rings. The number of carbonyl (C=O) groups is 2. The zero-order chi connectivity index (χ0) is 22.1. The third-order valence-electron chi connectivity index (χ3n) is 4.54. The number of ether oxygens (including phenoxy) is 2. The van der Waals surface area contributed by atoms with Gasteiger partial charge in [0.05, 0.1) is 17.9 Å². The largest absolute Gasteiger partial charge is 0.447 e. The maximum absolute atomic E-state index is 13.0. The van der Waals surface area contributed by atoms with Crippen molar-refractivity contribution in [2.45, 2.75) is 0 Å². The fraction of sp³-hybridized carbons (Fsp3) is 0.167. The van der Waals surface area contributed by atoms with Crippen LogP contribution in [0, 0.1) is 0 Å². The monoisotopic (exact) mass is 419 g/mol. The number of methoxy groups -OCH3 is 1. The minimum absolute atomic E-state index is 0.157. The van der Waals surface area contributed by atoms with Crippen LogP contribution in [0.5, 0.6) is 0 Å². The van der Waals surface area contributed by atoms with Crippen LogP contribution in [0.2, 0.25) is 0 Å². The van der Waals surface area contributed by atoms with Crippen molar-refractivity contribution in [1.29, 1.82) is 0 Å². The summed E-state index contributed by atoms with van der Waals surface area (Å²) in [6, 6.07) is 24.1. The van der Waals surface area contributed by atoms with Crippen LogP contribution in [-0.4, -0.2) is 39.4 Å². The van der Waals surface area contributed by atoms with E-state index in [2.05, 4.69) is 10.6 Å². The third kappa shape index (κ3) is 6.07. The molecule has 0 heterocycles. The molecule has 160 valence electrons. The molecule has 0 fully saturated rings. The van der Waals surface area contributed by atoms with Gasteiger partial charge in [0, 0.05) is 31.2 Å². The average Bonchev–Trinajstić information content (AvgIpc) is 2.79. The van der Waals surface area contributed by atoms with E-state index < -0.39 is 6.09 Å². The molecule has 7 nitrogen and oxygen atoms in total. The van der Waals surface area contributed by atoms with Gasteiger partial charge >= 0.3 is 6.09 Å². The lowest BCUT2D eigenvalue weighted by Crippen LogP contribution is -2.19. The molecule has 0 saturated heterocycles. The molecule has 3 aromatic carbocycles. The van der Waals surface area contributed by atoms with E-state index in [0.717, 1.165) is 11.4 Å². The number of nitrogens with one attached hydrogen (secondary N) is 2. The number of para-hydroxylation sites is 2. The fourth-order valence-electron chi connectivity index (χ4n) is 2.99. The first-order valence-electron chi connectivity index (χ1n) is 9.80. The summed E-state index contributed by atoms with van der Waals surface area (Å²) in [5.74, 6) is -0.252. The van der Waals surface area contributed by atoms with Crippen molar-refractivity contribution < 1.29 is 19.1 Å². The van der Waals surface area contributed by atoms with E-state index in [9.17, 15) is 9.59 Å². The Morgan fingerprint density at radius 2 is 1.52 bits per heavy atom. The molecule has 0 aliphatic rings. The normalized spacial score (nSPS) is 10.3. The van der Waals surface area contributed by atoms with E-state index in [1.54, 1.807) is 30.3 Å². The molecule has 31 heavy (non-hydrogen) atoms. The van der Waals surface area contributed by atoms with Crippen LogP contribution < -0.4 is 15.5 Å². The molecular formula is C24H25N3O4. The lowest BCUT2D eigenvalue weighted by atomic mass is 10.1. The standard InChI is InChI=1S/C24H25N3O4/c1-27(20-11-4-3-5-12-20)22-14-7-6-13-21(22)23(28)25-18-9-8-10-19(17-18)26-24(29)31-16-15-30-2/h3-14,17H,15-16H2,1-2H3,(H,25,28)(H,26,29). The second kappa shape index (κ2) is 10.8. The van der Waals surface area contributed by atoms with Crippen LogP contribution in [0.15, 0.2) is 78.9 Å². The van der Waals surface area contributed by atoms with Crippen molar-refractivity contribution in [3.63, 3.8) is 0 Å². The highest BCUT2D eigenvalue weighted by atomic mass is 16.6. The minimum atomic E-state index is -0.588. The average molecular weight is 419 g/mol. The summed E-state index contributed by atoms with van der Waals surface area (Å²) in [5, 5.41) is 5.52. The lowest BCUT2D eigenvalue weighted by Gasteiger charge is -2.22. The molecule has 7 heteroatoms. The number of benzene rings is 3. The van der Waals surface area contributed by atoms with Crippen LogP contribution in [0.1, 0.15) is 10.4 Å². The first-order valence-corrected chi connectivity index (χ1v) is 9.80. The van der Waals surface area contributed by atoms with Gasteiger partial charge < -0.3 is 19.7 Å². The van der Waals surface area contributed by atoms with Gasteiger partial charge in [0.15, 0.2) is 0 Å². The van der Waals surface area contributed by atoms with E-state index in [0.29, 0.717) is 23.5 Å². The highest BCUT2D eigenvalue weighted by Gasteiger charge is 2.15. The van der Waals surface area contributed by atoms with Gasteiger partial charge in [-0.3, -0.25) is 10.1 Å². The minimum Gasteiger partial charge on any atom is -0.447 e. The SMILES string of the molecule is COCCOC(=O)Nc1cccc(NC(=O)c2ccccc2N(C)c2ccccc2)c1. The van der Waals surface area contributed by atoms with Gasteiger partial charge in [-0.25, -0.2) is 4.79 Å². The zero-order valence-corrected chi connectivity index (χ0v) is 17.5. The summed E-state index contributed by atoms with van der Waals surface area (Å²) >= 11 is 0. The summed E-state index contributed by atoms with van der Waals surface area (Å²) in [5.41, 5.74) is 3.35. The third-order valence-corrected chi connectivity index (χ3v) is 4.54. The van der Waals surface area contributed by atoms with Gasteiger partial charge in [-0.2, -0.15) is 0 Å². The predicted molar refractivity (Wildman–Crippen MR) is 122 cm³/mol. The Morgan fingerprint density at radius 1 is 0.839 bits per heavy atom. The fourth-order valence-corrected chi connectivity index (χ4v) is 2.99. The molecule has 0 radical (unpaired) electrons. The molecule has 0 atom stereocenters. The maximum atomic E-state index is 13.0. The lowest BCUT2D eigenvalue weighted by molar-refractivity contribution is 0.102. The molecule has 2 N–H and O–H groups in total. The molecule has 0 spiro atoms. The Kier molecular flexibility index (Phi) is 7.61. The van der Waals surface area contributed by atoms with Crippen LogP contribution >= 0.6 is 0 Å². The number of rotatable bonds is 8. The van der Waals surface area contributed by atoms with E-state index in [-0.39, 0.29) is 12.5 Å². The van der Waals surface area contributed by atoms with Gasteiger partial charge in [0.2, 0.25) is 0 Å². The molecule has 0 unspecified atom stereocenters. The van der Waals surface area contributed by atoms with Crippen LogP contribution in [-0.2, 0) is 9.47 Å². The van der Waals surface area contributed by atoms with Crippen LogP contribution in [0.4, 0.5) is 27.5 Å². The van der Waals surface area contributed by atoms with Crippen LogP contribution in [0.3, 0.4) is 0 Å². The molecular weight excluding hydrogens is 394 g/mol. The van der Waals surface area contributed by atoms with Crippen molar-refractivity contribution in [3.8, 4) is 0 Å². The number of anilines is 4. The van der Waals surface area contributed by atoms with Gasteiger partial charge in [0.1, 0.15) is 6.61 Å². The molecule has 0 saturated carbocycles. The van der Waals surface area contributed by atoms with E-state index in [1.165, 1.54) is 7.11 Å². The van der Waals surface area contributed by atoms with E-state index in [4.69, 9.17) is 9.47 Å². The molecule has 3 rings (SSSR count). The smallest absolute Gasteiger partial charge is 0.411 e. The quantitative estimate of drug-likeness (QED) is 0.508. The summed E-state index contributed by atoms with van der Waals surface area (Å²) in [6.45, 7) is 0.477. The first-order chi connectivity index (χ1) is 15.1. The van der Waals surface area contributed by atoms with Crippen molar-refractivity contribution in [3.05, 3.63) is 84.4 Å². The van der Waals surface area contributed by atoms with Gasteiger partial charge in [-0.15, -0.1) is 0 Å². The second-order valence-electron chi connectivity index (χ2n) is 6.70. The van der Waals surface area contributed by atoms with Gasteiger partial charge in [-0.1, -0.05) is 36.4 Å². The summed E-state index contributed by atoms with van der Waals surface area (Å²) in [4.78, 5) is 26.8. The number of nitrogens with zero attached hydrogens (tertiary/aromatic N) is 1. The Hall–Kier alpha value is -3.84. The maximum Gasteiger partial charge on any atom is 0.411 e. The summed E-state index contributed by atoms with van der Waals surface area (Å²) < 4.78 is 9.84. The Morgan fingerprint density at radius 3 is 2.26 bits per heavy atom. The predicted octanol–water partition coefficient (Wildman–Crippen LogP) is 4.90. The van der Waals surface area contributed by atoms with Crippen molar-refractivity contribution in [2.75, 3.05) is 42.9 Å². The number of amides is 2. The van der Waals surface area contributed by atoms with E-state index >= 15 is 0 Å². The Balaban J connectivity index is 1.72. The number of hydrogen-bond acceptors (Lipinski definition) is 5. The van der Waals surface area contributed by atoms with Crippen molar-refractivity contribution >= 4 is 34.7 Å². The molecule has 0 bridgehead atoms. The first kappa shape index (κ1) is 21.9.